The quantitative estimate of drug-likeness (QED) is 0.368. The van der Waals surface area contributed by atoms with Gasteiger partial charge in [0, 0.05) is 6.54 Å². The summed E-state index contributed by atoms with van der Waals surface area (Å²) < 4.78 is 21.9. The minimum atomic E-state index is -1.32. The lowest BCUT2D eigenvalue weighted by Crippen LogP contribution is -2.37. The number of hydrogen-bond donors (Lipinski definition) is 1. The lowest BCUT2D eigenvalue weighted by molar-refractivity contribution is -0.148. The standard InChI is InChI=1S/C23H27NO7/c1-4-7-10-13-24-20-18(22(26)29-6-3)16(21(25)28-5-2)17-19(31-20)14-11-8-9-12-15(14)30-23(17)27/h8-9,11-12,16,24H,4-7,10,13H2,1-3H3. The highest BCUT2D eigenvalue weighted by Gasteiger charge is 2.44. The summed E-state index contributed by atoms with van der Waals surface area (Å²) in [6, 6.07) is 6.86. The number of rotatable bonds is 9. The van der Waals surface area contributed by atoms with Gasteiger partial charge in [0.25, 0.3) is 0 Å². The van der Waals surface area contributed by atoms with Crippen molar-refractivity contribution >= 4 is 22.9 Å². The van der Waals surface area contributed by atoms with Gasteiger partial charge >= 0.3 is 17.6 Å². The summed E-state index contributed by atoms with van der Waals surface area (Å²) in [7, 11) is 0. The lowest BCUT2D eigenvalue weighted by Gasteiger charge is -2.28. The van der Waals surface area contributed by atoms with Crippen molar-refractivity contribution in [2.24, 2.45) is 0 Å². The molecule has 0 bridgehead atoms. The molecule has 8 nitrogen and oxygen atoms in total. The van der Waals surface area contributed by atoms with Gasteiger partial charge in [-0.05, 0) is 32.4 Å². The molecule has 2 heterocycles. The van der Waals surface area contributed by atoms with E-state index in [4.69, 9.17) is 18.6 Å². The highest BCUT2D eigenvalue weighted by atomic mass is 16.5. The summed E-state index contributed by atoms with van der Waals surface area (Å²) in [5.41, 5.74) is -0.608. The number of nitrogens with one attached hydrogen (secondary N) is 1. The number of benzene rings is 1. The smallest absolute Gasteiger partial charge is 0.344 e. The fraction of sp³-hybridized carbons (Fsp3) is 0.435. The van der Waals surface area contributed by atoms with Crippen LogP contribution in [0.15, 0.2) is 44.9 Å². The number of carbonyl (C=O) groups is 2. The van der Waals surface area contributed by atoms with E-state index in [2.05, 4.69) is 12.2 Å². The largest absolute Gasteiger partial charge is 0.465 e. The van der Waals surface area contributed by atoms with Crippen molar-refractivity contribution in [3.05, 3.63) is 51.7 Å². The molecule has 0 spiro atoms. The van der Waals surface area contributed by atoms with E-state index in [0.717, 1.165) is 19.3 Å². The first-order valence-corrected chi connectivity index (χ1v) is 10.6. The van der Waals surface area contributed by atoms with Crippen LogP contribution in [0.25, 0.3) is 11.0 Å². The van der Waals surface area contributed by atoms with Crippen molar-refractivity contribution in [2.45, 2.75) is 46.0 Å². The maximum atomic E-state index is 13.0. The van der Waals surface area contributed by atoms with E-state index >= 15 is 0 Å². The van der Waals surface area contributed by atoms with E-state index in [-0.39, 0.29) is 36.0 Å². The van der Waals surface area contributed by atoms with Crippen LogP contribution >= 0.6 is 0 Å². The van der Waals surface area contributed by atoms with E-state index in [9.17, 15) is 14.4 Å². The van der Waals surface area contributed by atoms with Gasteiger partial charge in [-0.2, -0.15) is 0 Å². The van der Waals surface area contributed by atoms with Crippen LogP contribution in [0.1, 0.15) is 51.5 Å². The number of carbonyl (C=O) groups excluding carboxylic acids is 2. The highest BCUT2D eigenvalue weighted by molar-refractivity contribution is 6.01. The van der Waals surface area contributed by atoms with Gasteiger partial charge in [-0.3, -0.25) is 4.79 Å². The number of para-hydroxylation sites is 1. The molecule has 0 fully saturated rings. The van der Waals surface area contributed by atoms with Crippen LogP contribution in [0.5, 0.6) is 5.75 Å². The first-order valence-electron chi connectivity index (χ1n) is 10.6. The monoisotopic (exact) mass is 429 g/mol. The number of ether oxygens (including phenoxy) is 3. The second-order valence-electron chi connectivity index (χ2n) is 7.01. The topological polar surface area (TPSA) is 104 Å². The van der Waals surface area contributed by atoms with Crippen molar-refractivity contribution in [1.82, 2.24) is 5.32 Å². The summed E-state index contributed by atoms with van der Waals surface area (Å²) in [4.78, 5) is 38.7. The summed E-state index contributed by atoms with van der Waals surface area (Å²) in [5, 5.41) is 3.63. The predicted molar refractivity (Wildman–Crippen MR) is 114 cm³/mol. The van der Waals surface area contributed by atoms with Crippen molar-refractivity contribution in [3.8, 4) is 5.75 Å². The van der Waals surface area contributed by atoms with Gasteiger partial charge in [0.1, 0.15) is 22.6 Å². The Bertz CT molecular complexity index is 1050. The van der Waals surface area contributed by atoms with Crippen LogP contribution in [0, 0.1) is 0 Å². The predicted octanol–water partition coefficient (Wildman–Crippen LogP) is 3.39. The third kappa shape index (κ3) is 4.57. The number of hydrogen-bond acceptors (Lipinski definition) is 8. The normalized spacial score (nSPS) is 15.3. The van der Waals surface area contributed by atoms with Gasteiger partial charge in [0.05, 0.1) is 18.6 Å². The van der Waals surface area contributed by atoms with Gasteiger partial charge in [0.2, 0.25) is 5.88 Å². The van der Waals surface area contributed by atoms with E-state index in [1.165, 1.54) is 0 Å². The molecule has 0 saturated carbocycles. The first kappa shape index (κ1) is 22.4. The first-order chi connectivity index (χ1) is 15.0. The Morgan fingerprint density at radius 3 is 2.52 bits per heavy atom. The fourth-order valence-corrected chi connectivity index (χ4v) is 3.52. The van der Waals surface area contributed by atoms with Crippen molar-refractivity contribution in [2.75, 3.05) is 19.8 Å². The second kappa shape index (κ2) is 10.1. The summed E-state index contributed by atoms with van der Waals surface area (Å²) in [6.07, 6.45) is 2.85. The zero-order valence-electron chi connectivity index (χ0n) is 18.0. The molecule has 0 radical (unpaired) electrons. The van der Waals surface area contributed by atoms with Crippen molar-refractivity contribution in [1.29, 1.82) is 0 Å². The summed E-state index contributed by atoms with van der Waals surface area (Å²) in [5.74, 6) is -2.55. The van der Waals surface area contributed by atoms with Crippen molar-refractivity contribution in [3.63, 3.8) is 0 Å². The average Bonchev–Trinajstić information content (AvgIpc) is 2.76. The zero-order chi connectivity index (χ0) is 22.4. The average molecular weight is 429 g/mol. The van der Waals surface area contributed by atoms with E-state index in [1.807, 2.05) is 0 Å². The minimum absolute atomic E-state index is 0.0701. The molecule has 8 heteroatoms. The number of esters is 2. The molecule has 3 rings (SSSR count). The van der Waals surface area contributed by atoms with Gasteiger partial charge in [-0.15, -0.1) is 0 Å². The molecule has 1 unspecified atom stereocenters. The Morgan fingerprint density at radius 2 is 1.81 bits per heavy atom. The van der Waals surface area contributed by atoms with Crippen LogP contribution in [0.3, 0.4) is 0 Å². The van der Waals surface area contributed by atoms with Crippen LogP contribution in [-0.4, -0.2) is 31.7 Å². The summed E-state index contributed by atoms with van der Waals surface area (Å²) >= 11 is 0. The molecule has 1 aromatic heterocycles. The SMILES string of the molecule is CCCCCNC1=C(C(=O)OCC)C(C(=O)OCC)c2c(c3ccccc3oc2=O)O1. The van der Waals surface area contributed by atoms with Gasteiger partial charge in [-0.1, -0.05) is 31.9 Å². The maximum Gasteiger partial charge on any atom is 0.344 e. The molecule has 1 aliphatic heterocycles. The minimum Gasteiger partial charge on any atom is -0.465 e. The zero-order valence-corrected chi connectivity index (χ0v) is 18.0. The van der Waals surface area contributed by atoms with E-state index in [0.29, 0.717) is 17.5 Å². The molecule has 31 heavy (non-hydrogen) atoms. The Hall–Kier alpha value is -3.29. The Labute approximate surface area is 180 Å². The molecule has 0 amide bonds. The number of unbranched alkanes of at least 4 members (excludes halogenated alkanes) is 2. The molecule has 1 atom stereocenters. The highest BCUT2D eigenvalue weighted by Crippen LogP contribution is 2.42. The van der Waals surface area contributed by atoms with Gasteiger partial charge in [-0.25, -0.2) is 9.59 Å². The molecule has 2 aromatic rings. The van der Waals surface area contributed by atoms with Crippen LogP contribution in [-0.2, 0) is 19.1 Å². The Balaban J connectivity index is 2.21. The molecule has 0 saturated heterocycles. The van der Waals surface area contributed by atoms with Crippen LogP contribution < -0.4 is 15.7 Å². The molecule has 166 valence electrons. The molecule has 1 N–H and O–H groups in total. The van der Waals surface area contributed by atoms with Crippen LogP contribution in [0.4, 0.5) is 0 Å². The molecule has 1 aromatic carbocycles. The molecular weight excluding hydrogens is 402 g/mol. The fourth-order valence-electron chi connectivity index (χ4n) is 3.52. The Kier molecular flexibility index (Phi) is 7.33. The molecular formula is C23H27NO7. The van der Waals surface area contributed by atoms with Crippen molar-refractivity contribution < 1.29 is 28.2 Å². The third-order valence-corrected chi connectivity index (χ3v) is 4.91. The lowest BCUT2D eigenvalue weighted by atomic mass is 9.88. The molecule has 0 aliphatic carbocycles. The third-order valence-electron chi connectivity index (χ3n) is 4.91. The number of fused-ring (bicyclic) bond motifs is 3. The summed E-state index contributed by atoms with van der Waals surface area (Å²) in [6.45, 7) is 6.10. The van der Waals surface area contributed by atoms with Gasteiger partial charge in [0.15, 0.2) is 5.75 Å². The maximum absolute atomic E-state index is 13.0. The second-order valence-corrected chi connectivity index (χ2v) is 7.01. The Morgan fingerprint density at radius 1 is 1.06 bits per heavy atom. The van der Waals surface area contributed by atoms with Crippen LogP contribution in [0.2, 0.25) is 0 Å². The molecule has 1 aliphatic rings. The van der Waals surface area contributed by atoms with E-state index < -0.39 is 23.5 Å². The van der Waals surface area contributed by atoms with E-state index in [1.54, 1.807) is 38.1 Å². The van der Waals surface area contributed by atoms with Gasteiger partial charge < -0.3 is 23.9 Å².